The lowest BCUT2D eigenvalue weighted by atomic mass is 10.1. The molecule has 1 unspecified atom stereocenters. The van der Waals surface area contributed by atoms with Gasteiger partial charge >= 0.3 is 0 Å². The molecule has 0 radical (unpaired) electrons. The van der Waals surface area contributed by atoms with E-state index in [4.69, 9.17) is 16.7 Å². The molecule has 0 heterocycles. The van der Waals surface area contributed by atoms with E-state index in [1.807, 2.05) is 0 Å². The Morgan fingerprint density at radius 2 is 2.00 bits per heavy atom. The first-order chi connectivity index (χ1) is 6.24. The molecule has 0 aliphatic rings. The Balaban J connectivity index is 3.46. The van der Waals surface area contributed by atoms with Gasteiger partial charge in [-0.25, -0.2) is 0 Å². The molecule has 0 aliphatic heterocycles. The summed E-state index contributed by atoms with van der Waals surface area (Å²) < 4.78 is 0. The minimum atomic E-state index is 0.262. The molecule has 0 fully saturated rings. The van der Waals surface area contributed by atoms with Crippen LogP contribution in [-0.4, -0.2) is 42.1 Å². The van der Waals surface area contributed by atoms with Crippen LogP contribution in [0.2, 0.25) is 0 Å². The molecular weight excluding hydrogens is 186 g/mol. The highest BCUT2D eigenvalue weighted by molar-refractivity contribution is 6.17. The van der Waals surface area contributed by atoms with Crippen LogP contribution in [0.15, 0.2) is 0 Å². The van der Waals surface area contributed by atoms with Gasteiger partial charge in [0.25, 0.3) is 0 Å². The summed E-state index contributed by atoms with van der Waals surface area (Å²) in [7, 11) is 0. The molecule has 0 aromatic carbocycles. The van der Waals surface area contributed by atoms with Gasteiger partial charge in [0.2, 0.25) is 0 Å². The lowest BCUT2D eigenvalue weighted by Gasteiger charge is -2.20. The van der Waals surface area contributed by atoms with Crippen molar-refractivity contribution in [2.75, 3.05) is 32.1 Å². The average Bonchev–Trinajstić information content (AvgIpc) is 2.12. The van der Waals surface area contributed by atoms with Gasteiger partial charge in [0, 0.05) is 12.4 Å². The number of halogens is 1. The highest BCUT2D eigenvalue weighted by Crippen LogP contribution is 2.09. The highest BCUT2D eigenvalue weighted by Gasteiger charge is 2.05. The van der Waals surface area contributed by atoms with Gasteiger partial charge in [-0.15, -0.1) is 11.6 Å². The van der Waals surface area contributed by atoms with Gasteiger partial charge in [-0.05, 0) is 31.8 Å². The Morgan fingerprint density at radius 1 is 1.31 bits per heavy atom. The molecule has 0 rings (SSSR count). The maximum atomic E-state index is 8.77. The zero-order chi connectivity index (χ0) is 10.1. The second-order valence-corrected chi connectivity index (χ2v) is 3.91. The summed E-state index contributed by atoms with van der Waals surface area (Å²) in [6.45, 7) is 7.52. The highest BCUT2D eigenvalue weighted by atomic mass is 35.5. The lowest BCUT2D eigenvalue weighted by molar-refractivity contribution is 0.194. The molecule has 1 N–H and O–H groups in total. The molecule has 0 aromatic heterocycles. The SMILES string of the molecule is CCN(CCO)CCC(C)CCCl. The van der Waals surface area contributed by atoms with E-state index in [0.717, 1.165) is 31.9 Å². The maximum Gasteiger partial charge on any atom is 0.0558 e. The van der Waals surface area contributed by atoms with E-state index in [1.54, 1.807) is 0 Å². The summed E-state index contributed by atoms with van der Waals surface area (Å²) in [5, 5.41) is 8.77. The van der Waals surface area contributed by atoms with Crippen LogP contribution in [-0.2, 0) is 0 Å². The van der Waals surface area contributed by atoms with E-state index in [1.165, 1.54) is 6.42 Å². The van der Waals surface area contributed by atoms with Crippen molar-refractivity contribution in [1.82, 2.24) is 4.90 Å². The first kappa shape index (κ1) is 13.2. The molecule has 80 valence electrons. The Hall–Kier alpha value is 0.210. The Morgan fingerprint density at radius 3 is 2.46 bits per heavy atom. The molecule has 0 bridgehead atoms. The smallest absolute Gasteiger partial charge is 0.0558 e. The van der Waals surface area contributed by atoms with Crippen molar-refractivity contribution in [2.24, 2.45) is 5.92 Å². The Bertz CT molecular complexity index is 111. The Labute approximate surface area is 86.9 Å². The second kappa shape index (κ2) is 8.79. The molecule has 1 atom stereocenters. The predicted molar refractivity (Wildman–Crippen MR) is 58.3 cm³/mol. The first-order valence-corrected chi connectivity index (χ1v) is 5.67. The van der Waals surface area contributed by atoms with Crippen LogP contribution in [0.5, 0.6) is 0 Å². The van der Waals surface area contributed by atoms with Gasteiger partial charge < -0.3 is 10.0 Å². The molecule has 2 nitrogen and oxygen atoms in total. The third-order valence-electron chi connectivity index (χ3n) is 2.40. The number of hydrogen-bond donors (Lipinski definition) is 1. The molecule has 13 heavy (non-hydrogen) atoms. The fourth-order valence-electron chi connectivity index (χ4n) is 1.30. The number of rotatable bonds is 8. The van der Waals surface area contributed by atoms with Crippen molar-refractivity contribution in [3.05, 3.63) is 0 Å². The number of likely N-dealkylation sites (N-methyl/N-ethyl adjacent to an activating group) is 1. The van der Waals surface area contributed by atoms with Gasteiger partial charge in [0.1, 0.15) is 0 Å². The third kappa shape index (κ3) is 7.29. The van der Waals surface area contributed by atoms with E-state index in [-0.39, 0.29) is 6.61 Å². The topological polar surface area (TPSA) is 23.5 Å². The van der Waals surface area contributed by atoms with E-state index in [0.29, 0.717) is 5.92 Å². The average molecular weight is 208 g/mol. The van der Waals surface area contributed by atoms with E-state index in [2.05, 4.69) is 18.7 Å². The molecule has 0 aromatic rings. The summed E-state index contributed by atoms with van der Waals surface area (Å²) in [5.74, 6) is 1.46. The van der Waals surface area contributed by atoms with Crippen LogP contribution in [0.1, 0.15) is 26.7 Å². The summed E-state index contributed by atoms with van der Waals surface area (Å²) in [5.41, 5.74) is 0. The normalized spacial score (nSPS) is 13.6. The summed E-state index contributed by atoms with van der Waals surface area (Å²) in [6, 6.07) is 0. The van der Waals surface area contributed by atoms with Crippen molar-refractivity contribution in [2.45, 2.75) is 26.7 Å². The first-order valence-electron chi connectivity index (χ1n) is 5.13. The fraction of sp³-hybridized carbons (Fsp3) is 1.00. The maximum absolute atomic E-state index is 8.77. The van der Waals surface area contributed by atoms with Crippen LogP contribution >= 0.6 is 11.6 Å². The molecule has 0 saturated carbocycles. The van der Waals surface area contributed by atoms with Crippen molar-refractivity contribution < 1.29 is 5.11 Å². The van der Waals surface area contributed by atoms with E-state index in [9.17, 15) is 0 Å². The fourth-order valence-corrected chi connectivity index (χ4v) is 1.68. The molecule has 0 saturated heterocycles. The monoisotopic (exact) mass is 207 g/mol. The number of aliphatic hydroxyl groups excluding tert-OH is 1. The van der Waals surface area contributed by atoms with E-state index < -0.39 is 0 Å². The van der Waals surface area contributed by atoms with Crippen LogP contribution < -0.4 is 0 Å². The van der Waals surface area contributed by atoms with Crippen LogP contribution in [0.4, 0.5) is 0 Å². The summed E-state index contributed by atoms with van der Waals surface area (Å²) in [6.07, 6.45) is 2.28. The number of hydrogen-bond acceptors (Lipinski definition) is 2. The van der Waals surface area contributed by atoms with Gasteiger partial charge in [-0.1, -0.05) is 13.8 Å². The largest absolute Gasteiger partial charge is 0.395 e. The van der Waals surface area contributed by atoms with Crippen LogP contribution in [0.25, 0.3) is 0 Å². The van der Waals surface area contributed by atoms with Gasteiger partial charge in [0.15, 0.2) is 0 Å². The minimum Gasteiger partial charge on any atom is -0.395 e. The molecule has 0 aliphatic carbocycles. The van der Waals surface area contributed by atoms with Crippen LogP contribution in [0.3, 0.4) is 0 Å². The van der Waals surface area contributed by atoms with Gasteiger partial charge in [-0.2, -0.15) is 0 Å². The van der Waals surface area contributed by atoms with Crippen molar-refractivity contribution >= 4 is 11.6 Å². The van der Waals surface area contributed by atoms with Crippen molar-refractivity contribution in [3.8, 4) is 0 Å². The summed E-state index contributed by atoms with van der Waals surface area (Å²) >= 11 is 5.65. The quantitative estimate of drug-likeness (QED) is 0.616. The molecule has 0 amide bonds. The minimum absolute atomic E-state index is 0.262. The Kier molecular flexibility index (Phi) is 8.93. The number of alkyl halides is 1. The number of aliphatic hydroxyl groups is 1. The van der Waals surface area contributed by atoms with E-state index >= 15 is 0 Å². The van der Waals surface area contributed by atoms with Crippen molar-refractivity contribution in [1.29, 1.82) is 0 Å². The molecule has 0 spiro atoms. The second-order valence-electron chi connectivity index (χ2n) is 3.53. The predicted octanol–water partition coefficient (Wildman–Crippen LogP) is 1.96. The number of nitrogens with zero attached hydrogens (tertiary/aromatic N) is 1. The lowest BCUT2D eigenvalue weighted by Crippen LogP contribution is -2.28. The van der Waals surface area contributed by atoms with Gasteiger partial charge in [0.05, 0.1) is 6.61 Å². The zero-order valence-electron chi connectivity index (χ0n) is 8.80. The molecular formula is C10H22ClNO. The zero-order valence-corrected chi connectivity index (χ0v) is 9.56. The summed E-state index contributed by atoms with van der Waals surface area (Å²) in [4.78, 5) is 2.27. The van der Waals surface area contributed by atoms with Gasteiger partial charge in [-0.3, -0.25) is 0 Å². The third-order valence-corrected chi connectivity index (χ3v) is 2.62. The van der Waals surface area contributed by atoms with Crippen LogP contribution in [0, 0.1) is 5.92 Å². The standard InChI is InChI=1S/C10H22ClNO/c1-3-12(8-9-13)7-5-10(2)4-6-11/h10,13H,3-9H2,1-2H3. The molecule has 3 heteroatoms. The van der Waals surface area contributed by atoms with Crippen molar-refractivity contribution in [3.63, 3.8) is 0 Å².